The van der Waals surface area contributed by atoms with Crippen LogP contribution in [0.3, 0.4) is 0 Å². The van der Waals surface area contributed by atoms with E-state index >= 15 is 0 Å². The first-order valence-corrected chi connectivity index (χ1v) is 8.19. The van der Waals surface area contributed by atoms with E-state index in [2.05, 4.69) is 15.8 Å². The van der Waals surface area contributed by atoms with Crippen molar-refractivity contribution in [3.05, 3.63) is 53.1 Å². The largest absolute Gasteiger partial charge is 0.504 e. The van der Waals surface area contributed by atoms with E-state index in [4.69, 9.17) is 16.3 Å². The summed E-state index contributed by atoms with van der Waals surface area (Å²) in [6.45, 7) is 2.21. The molecule has 0 spiro atoms. The van der Waals surface area contributed by atoms with Crippen LogP contribution in [-0.2, 0) is 9.59 Å². The summed E-state index contributed by atoms with van der Waals surface area (Å²) in [5, 5.41) is 16.5. The van der Waals surface area contributed by atoms with Gasteiger partial charge in [-0.15, -0.1) is 0 Å². The van der Waals surface area contributed by atoms with Crippen molar-refractivity contribution in [3.63, 3.8) is 0 Å². The molecular formula is C18H18ClN3O4. The Hall–Kier alpha value is -3.06. The van der Waals surface area contributed by atoms with E-state index in [1.165, 1.54) is 12.3 Å². The molecule has 0 atom stereocenters. The number of hydrogen-bond donors (Lipinski definition) is 3. The van der Waals surface area contributed by atoms with E-state index in [0.717, 1.165) is 0 Å². The number of phenols is 1. The third-order valence-electron chi connectivity index (χ3n) is 3.14. The number of hydrogen-bond acceptors (Lipinski definition) is 5. The van der Waals surface area contributed by atoms with Gasteiger partial charge in [-0.25, -0.2) is 5.43 Å². The lowest BCUT2D eigenvalue weighted by Crippen LogP contribution is -2.24. The van der Waals surface area contributed by atoms with Gasteiger partial charge in [0.1, 0.15) is 6.42 Å². The van der Waals surface area contributed by atoms with Gasteiger partial charge in [0.05, 0.1) is 12.8 Å². The minimum atomic E-state index is -0.559. The van der Waals surface area contributed by atoms with Crippen molar-refractivity contribution < 1.29 is 19.4 Å². The molecule has 0 radical (unpaired) electrons. The molecular weight excluding hydrogens is 358 g/mol. The Bertz CT molecular complexity index is 807. The van der Waals surface area contributed by atoms with E-state index in [0.29, 0.717) is 28.6 Å². The van der Waals surface area contributed by atoms with Gasteiger partial charge >= 0.3 is 0 Å². The smallest absolute Gasteiger partial charge is 0.249 e. The summed E-state index contributed by atoms with van der Waals surface area (Å²) in [6.07, 6.45) is 1.01. The van der Waals surface area contributed by atoms with Crippen molar-refractivity contribution in [1.82, 2.24) is 5.43 Å². The molecule has 0 saturated carbocycles. The monoisotopic (exact) mass is 375 g/mol. The van der Waals surface area contributed by atoms with Crippen LogP contribution >= 0.6 is 11.6 Å². The molecule has 0 unspecified atom stereocenters. The number of hydrazone groups is 1. The molecule has 0 heterocycles. The average molecular weight is 376 g/mol. The molecule has 7 nitrogen and oxygen atoms in total. The first kappa shape index (κ1) is 19.3. The molecule has 0 aliphatic heterocycles. The fourth-order valence-corrected chi connectivity index (χ4v) is 2.11. The van der Waals surface area contributed by atoms with Gasteiger partial charge in [0.15, 0.2) is 11.5 Å². The van der Waals surface area contributed by atoms with E-state index in [-0.39, 0.29) is 12.2 Å². The summed E-state index contributed by atoms with van der Waals surface area (Å²) < 4.78 is 5.26. The van der Waals surface area contributed by atoms with Gasteiger partial charge in [0, 0.05) is 10.7 Å². The lowest BCUT2D eigenvalue weighted by molar-refractivity contribution is -0.126. The van der Waals surface area contributed by atoms with Crippen LogP contribution in [0.4, 0.5) is 5.69 Å². The Labute approximate surface area is 155 Å². The van der Waals surface area contributed by atoms with Gasteiger partial charge in [-0.1, -0.05) is 11.6 Å². The van der Waals surface area contributed by atoms with E-state index < -0.39 is 11.8 Å². The van der Waals surface area contributed by atoms with Crippen molar-refractivity contribution in [2.24, 2.45) is 5.10 Å². The number of halogens is 1. The lowest BCUT2D eigenvalue weighted by atomic mass is 10.2. The molecule has 136 valence electrons. The van der Waals surface area contributed by atoms with E-state index in [1.54, 1.807) is 43.3 Å². The maximum Gasteiger partial charge on any atom is 0.249 e. The number of nitrogens with one attached hydrogen (secondary N) is 2. The van der Waals surface area contributed by atoms with Gasteiger partial charge < -0.3 is 15.2 Å². The highest BCUT2D eigenvalue weighted by molar-refractivity contribution is 6.30. The fourth-order valence-electron chi connectivity index (χ4n) is 1.98. The minimum absolute atomic E-state index is 0.0203. The standard InChI is InChI=1S/C18H18ClN3O4/c1-2-26-16-9-12(3-8-15(16)23)11-20-22-18(25)10-17(24)21-14-6-4-13(19)5-7-14/h3-9,11,23H,2,10H2,1H3,(H,21,24)(H,22,25). The second-order valence-electron chi connectivity index (χ2n) is 5.19. The van der Waals surface area contributed by atoms with Crippen molar-refractivity contribution in [1.29, 1.82) is 0 Å². The number of ether oxygens (including phenoxy) is 1. The Morgan fingerprint density at radius 1 is 1.19 bits per heavy atom. The molecule has 0 bridgehead atoms. The summed E-state index contributed by atoms with van der Waals surface area (Å²) >= 11 is 5.76. The van der Waals surface area contributed by atoms with Gasteiger partial charge in [-0.3, -0.25) is 9.59 Å². The molecule has 2 amide bonds. The first-order valence-electron chi connectivity index (χ1n) is 7.81. The number of amides is 2. The Kier molecular flexibility index (Phi) is 6.99. The van der Waals surface area contributed by atoms with Gasteiger partial charge in [0.25, 0.3) is 0 Å². The van der Waals surface area contributed by atoms with Crippen LogP contribution in [0.5, 0.6) is 11.5 Å². The Balaban J connectivity index is 1.84. The predicted octanol–water partition coefficient (Wildman–Crippen LogP) is 2.92. The lowest BCUT2D eigenvalue weighted by Gasteiger charge is -2.06. The number of benzene rings is 2. The van der Waals surface area contributed by atoms with Crippen LogP contribution in [0.15, 0.2) is 47.6 Å². The first-order chi connectivity index (χ1) is 12.5. The molecule has 2 aromatic rings. The summed E-state index contributed by atoms with van der Waals surface area (Å²) in [7, 11) is 0. The summed E-state index contributed by atoms with van der Waals surface area (Å²) in [6, 6.07) is 11.2. The maximum absolute atomic E-state index is 11.8. The second kappa shape index (κ2) is 9.43. The quantitative estimate of drug-likeness (QED) is 0.393. The van der Waals surface area contributed by atoms with Gasteiger partial charge in [0.2, 0.25) is 11.8 Å². The number of phenolic OH excluding ortho intramolecular Hbond substituents is 1. The molecule has 3 N–H and O–H groups in total. The minimum Gasteiger partial charge on any atom is -0.504 e. The topological polar surface area (TPSA) is 100 Å². The molecule has 0 aliphatic rings. The Morgan fingerprint density at radius 3 is 2.62 bits per heavy atom. The SMILES string of the molecule is CCOc1cc(C=NNC(=O)CC(=O)Nc2ccc(Cl)cc2)ccc1O. The number of carbonyl (C=O) groups is 2. The van der Waals surface area contributed by atoms with E-state index in [1.807, 2.05) is 0 Å². The predicted molar refractivity (Wildman–Crippen MR) is 99.7 cm³/mol. The zero-order valence-corrected chi connectivity index (χ0v) is 14.8. The van der Waals surface area contributed by atoms with Crippen LogP contribution < -0.4 is 15.5 Å². The zero-order chi connectivity index (χ0) is 18.9. The molecule has 2 rings (SSSR count). The highest BCUT2D eigenvalue weighted by Gasteiger charge is 2.09. The van der Waals surface area contributed by atoms with Crippen LogP contribution in [0.2, 0.25) is 5.02 Å². The number of anilines is 1. The maximum atomic E-state index is 11.8. The number of nitrogens with zero attached hydrogens (tertiary/aromatic N) is 1. The normalized spacial score (nSPS) is 10.5. The van der Waals surface area contributed by atoms with Crippen LogP contribution in [0.25, 0.3) is 0 Å². The number of rotatable bonds is 7. The second-order valence-corrected chi connectivity index (χ2v) is 5.62. The molecule has 0 aliphatic carbocycles. The molecule has 2 aromatic carbocycles. The zero-order valence-electron chi connectivity index (χ0n) is 14.0. The van der Waals surface area contributed by atoms with Crippen molar-refractivity contribution in [2.75, 3.05) is 11.9 Å². The summed E-state index contributed by atoms with van der Waals surface area (Å²) in [4.78, 5) is 23.5. The highest BCUT2D eigenvalue weighted by Crippen LogP contribution is 2.26. The molecule has 26 heavy (non-hydrogen) atoms. The average Bonchev–Trinajstić information content (AvgIpc) is 2.60. The molecule has 0 aromatic heterocycles. The van der Waals surface area contributed by atoms with E-state index in [9.17, 15) is 14.7 Å². The van der Waals surface area contributed by atoms with Crippen LogP contribution in [0.1, 0.15) is 18.9 Å². The number of carbonyl (C=O) groups excluding carboxylic acids is 2. The fraction of sp³-hybridized carbons (Fsp3) is 0.167. The third-order valence-corrected chi connectivity index (χ3v) is 3.39. The van der Waals surface area contributed by atoms with Crippen LogP contribution in [-0.4, -0.2) is 29.7 Å². The number of aromatic hydroxyl groups is 1. The molecule has 8 heteroatoms. The van der Waals surface area contributed by atoms with Crippen LogP contribution in [0, 0.1) is 0 Å². The van der Waals surface area contributed by atoms with Crippen molar-refractivity contribution >= 4 is 35.3 Å². The highest BCUT2D eigenvalue weighted by atomic mass is 35.5. The van der Waals surface area contributed by atoms with Gasteiger partial charge in [-0.2, -0.15) is 5.10 Å². The van der Waals surface area contributed by atoms with Gasteiger partial charge in [-0.05, 0) is 55.0 Å². The summed E-state index contributed by atoms with van der Waals surface area (Å²) in [5.41, 5.74) is 3.44. The van der Waals surface area contributed by atoms with Crippen molar-refractivity contribution in [2.45, 2.75) is 13.3 Å². The Morgan fingerprint density at radius 2 is 1.92 bits per heavy atom. The third kappa shape index (κ3) is 6.10. The molecule has 0 saturated heterocycles. The van der Waals surface area contributed by atoms with Crippen molar-refractivity contribution in [3.8, 4) is 11.5 Å². The molecule has 0 fully saturated rings. The summed E-state index contributed by atoms with van der Waals surface area (Å²) in [5.74, 6) is -0.683.